The molecule has 0 radical (unpaired) electrons. The number of carbonyl (C=O) groups is 1. The van der Waals surface area contributed by atoms with Gasteiger partial charge in [0.05, 0.1) is 13.0 Å². The van der Waals surface area contributed by atoms with Crippen molar-refractivity contribution >= 4 is 5.97 Å². The zero-order valence-corrected chi connectivity index (χ0v) is 11.5. The van der Waals surface area contributed by atoms with Crippen molar-refractivity contribution in [3.63, 3.8) is 0 Å². The van der Waals surface area contributed by atoms with Crippen LogP contribution in [0, 0.1) is 5.92 Å². The van der Waals surface area contributed by atoms with E-state index in [9.17, 15) is 4.79 Å². The lowest BCUT2D eigenvalue weighted by atomic mass is 9.97. The molecule has 100 valence electrons. The molecule has 1 unspecified atom stereocenters. The molecule has 0 heterocycles. The molecule has 0 aliphatic rings. The highest BCUT2D eigenvalue weighted by Gasteiger charge is 2.10. The van der Waals surface area contributed by atoms with E-state index in [2.05, 4.69) is 13.5 Å². The Kier molecular flexibility index (Phi) is 11.1. The summed E-state index contributed by atoms with van der Waals surface area (Å²) < 4.78 is 4.95. The van der Waals surface area contributed by atoms with E-state index >= 15 is 0 Å². The standard InChI is InChI=1S/C15H28O2/c1-4-7-8-9-10-11-12-14(5-2)13-15(16)17-6-3/h5,14H,2,4,6-13H2,1,3H3. The Labute approximate surface area is 106 Å². The van der Waals surface area contributed by atoms with Crippen molar-refractivity contribution in [3.05, 3.63) is 12.7 Å². The molecule has 0 saturated heterocycles. The molecule has 0 aliphatic carbocycles. The fourth-order valence-electron chi connectivity index (χ4n) is 1.92. The SMILES string of the molecule is C=CC(CCCCCCCC)CC(=O)OCC. The van der Waals surface area contributed by atoms with Gasteiger partial charge in [-0.15, -0.1) is 6.58 Å². The number of ether oxygens (including phenoxy) is 1. The predicted octanol–water partition coefficient (Wildman–Crippen LogP) is 4.49. The Bertz CT molecular complexity index is 199. The highest BCUT2D eigenvalue weighted by Crippen LogP contribution is 2.16. The van der Waals surface area contributed by atoms with E-state index < -0.39 is 0 Å². The van der Waals surface area contributed by atoms with Gasteiger partial charge in [0.25, 0.3) is 0 Å². The number of unbranched alkanes of at least 4 members (excludes halogenated alkanes) is 5. The lowest BCUT2D eigenvalue weighted by molar-refractivity contribution is -0.143. The summed E-state index contributed by atoms with van der Waals surface area (Å²) in [5.41, 5.74) is 0. The van der Waals surface area contributed by atoms with Crippen LogP contribution < -0.4 is 0 Å². The van der Waals surface area contributed by atoms with E-state index in [0.29, 0.717) is 18.9 Å². The third-order valence-corrected chi connectivity index (χ3v) is 3.00. The second kappa shape index (κ2) is 11.7. The summed E-state index contributed by atoms with van der Waals surface area (Å²) in [6.07, 6.45) is 11.2. The molecule has 0 aromatic heterocycles. The van der Waals surface area contributed by atoms with Gasteiger partial charge in [-0.1, -0.05) is 51.5 Å². The smallest absolute Gasteiger partial charge is 0.306 e. The summed E-state index contributed by atoms with van der Waals surface area (Å²) in [5, 5.41) is 0. The maximum Gasteiger partial charge on any atom is 0.306 e. The van der Waals surface area contributed by atoms with Crippen molar-refractivity contribution in [1.82, 2.24) is 0 Å². The maximum absolute atomic E-state index is 11.3. The van der Waals surface area contributed by atoms with Crippen LogP contribution in [-0.4, -0.2) is 12.6 Å². The lowest BCUT2D eigenvalue weighted by Crippen LogP contribution is -2.10. The first-order valence-corrected chi connectivity index (χ1v) is 7.02. The molecule has 0 fully saturated rings. The van der Waals surface area contributed by atoms with E-state index in [1.165, 1.54) is 38.5 Å². The van der Waals surface area contributed by atoms with Crippen molar-refractivity contribution < 1.29 is 9.53 Å². The molecule has 0 aliphatic heterocycles. The molecule has 0 saturated carbocycles. The number of hydrogen-bond donors (Lipinski definition) is 0. The quantitative estimate of drug-likeness (QED) is 0.302. The molecule has 0 rings (SSSR count). The van der Waals surface area contributed by atoms with Crippen molar-refractivity contribution in [2.45, 2.75) is 65.2 Å². The minimum absolute atomic E-state index is 0.0941. The van der Waals surface area contributed by atoms with Crippen LogP contribution in [-0.2, 0) is 9.53 Å². The normalized spacial score (nSPS) is 12.1. The molecule has 0 spiro atoms. The molecule has 1 atom stereocenters. The van der Waals surface area contributed by atoms with E-state index in [-0.39, 0.29) is 5.97 Å². The zero-order valence-electron chi connectivity index (χ0n) is 11.5. The third-order valence-electron chi connectivity index (χ3n) is 3.00. The van der Waals surface area contributed by atoms with Gasteiger partial charge in [0.1, 0.15) is 0 Å². The van der Waals surface area contributed by atoms with Crippen LogP contribution in [0.25, 0.3) is 0 Å². The minimum atomic E-state index is -0.0941. The summed E-state index contributed by atoms with van der Waals surface area (Å²) in [6.45, 7) is 8.34. The Morgan fingerprint density at radius 1 is 1.18 bits per heavy atom. The minimum Gasteiger partial charge on any atom is -0.466 e. The van der Waals surface area contributed by atoms with Crippen LogP contribution in [0.4, 0.5) is 0 Å². The van der Waals surface area contributed by atoms with Crippen LogP contribution in [0.2, 0.25) is 0 Å². The number of esters is 1. The number of carbonyl (C=O) groups excluding carboxylic acids is 1. The topological polar surface area (TPSA) is 26.3 Å². The van der Waals surface area contributed by atoms with E-state index in [0.717, 1.165) is 6.42 Å². The van der Waals surface area contributed by atoms with Crippen molar-refractivity contribution in [2.24, 2.45) is 5.92 Å². The highest BCUT2D eigenvalue weighted by molar-refractivity contribution is 5.69. The number of rotatable bonds is 11. The molecule has 17 heavy (non-hydrogen) atoms. The first-order chi connectivity index (χ1) is 8.24. The second-order valence-corrected chi connectivity index (χ2v) is 4.56. The van der Waals surface area contributed by atoms with Crippen LogP contribution in [0.1, 0.15) is 65.2 Å². The van der Waals surface area contributed by atoms with Gasteiger partial charge < -0.3 is 4.74 Å². The molecule has 0 aromatic carbocycles. The molecule has 0 amide bonds. The highest BCUT2D eigenvalue weighted by atomic mass is 16.5. The fraction of sp³-hybridized carbons (Fsp3) is 0.800. The van der Waals surface area contributed by atoms with E-state index in [1.807, 2.05) is 13.0 Å². The van der Waals surface area contributed by atoms with Gasteiger partial charge in [0.15, 0.2) is 0 Å². The van der Waals surface area contributed by atoms with Gasteiger partial charge in [0, 0.05) is 0 Å². The molecule has 2 nitrogen and oxygen atoms in total. The Morgan fingerprint density at radius 3 is 2.41 bits per heavy atom. The maximum atomic E-state index is 11.3. The molecular weight excluding hydrogens is 212 g/mol. The summed E-state index contributed by atoms with van der Waals surface area (Å²) in [6, 6.07) is 0. The van der Waals surface area contributed by atoms with Crippen LogP contribution >= 0.6 is 0 Å². The Hall–Kier alpha value is -0.790. The summed E-state index contributed by atoms with van der Waals surface area (Å²) in [7, 11) is 0. The van der Waals surface area contributed by atoms with Gasteiger partial charge >= 0.3 is 5.97 Å². The number of allylic oxidation sites excluding steroid dienone is 1. The monoisotopic (exact) mass is 240 g/mol. The molecule has 2 heteroatoms. The zero-order chi connectivity index (χ0) is 12.9. The molecular formula is C15H28O2. The fourth-order valence-corrected chi connectivity index (χ4v) is 1.92. The average molecular weight is 240 g/mol. The largest absolute Gasteiger partial charge is 0.466 e. The second-order valence-electron chi connectivity index (χ2n) is 4.56. The van der Waals surface area contributed by atoms with Gasteiger partial charge in [0.2, 0.25) is 0 Å². The van der Waals surface area contributed by atoms with Gasteiger partial charge in [-0.2, -0.15) is 0 Å². The van der Waals surface area contributed by atoms with E-state index in [1.54, 1.807) is 0 Å². The van der Waals surface area contributed by atoms with E-state index in [4.69, 9.17) is 4.74 Å². The van der Waals surface area contributed by atoms with Crippen molar-refractivity contribution in [3.8, 4) is 0 Å². The first-order valence-electron chi connectivity index (χ1n) is 7.02. The lowest BCUT2D eigenvalue weighted by Gasteiger charge is -2.11. The van der Waals surface area contributed by atoms with Gasteiger partial charge in [-0.3, -0.25) is 4.79 Å². The summed E-state index contributed by atoms with van der Waals surface area (Å²) in [5.74, 6) is 0.198. The number of hydrogen-bond acceptors (Lipinski definition) is 2. The average Bonchev–Trinajstić information content (AvgIpc) is 2.32. The molecule has 0 bridgehead atoms. The summed E-state index contributed by atoms with van der Waals surface area (Å²) >= 11 is 0. The summed E-state index contributed by atoms with van der Waals surface area (Å²) in [4.78, 5) is 11.3. The Morgan fingerprint density at radius 2 is 1.82 bits per heavy atom. The third kappa shape index (κ3) is 10.1. The first kappa shape index (κ1) is 16.2. The predicted molar refractivity (Wildman–Crippen MR) is 72.9 cm³/mol. The van der Waals surface area contributed by atoms with Crippen LogP contribution in [0.15, 0.2) is 12.7 Å². The molecule has 0 N–H and O–H groups in total. The van der Waals surface area contributed by atoms with Gasteiger partial charge in [-0.05, 0) is 19.3 Å². The van der Waals surface area contributed by atoms with Crippen molar-refractivity contribution in [2.75, 3.05) is 6.61 Å². The van der Waals surface area contributed by atoms with Crippen LogP contribution in [0.3, 0.4) is 0 Å². The van der Waals surface area contributed by atoms with Crippen LogP contribution in [0.5, 0.6) is 0 Å². The Balaban J connectivity index is 3.54. The van der Waals surface area contributed by atoms with Gasteiger partial charge in [-0.25, -0.2) is 0 Å². The van der Waals surface area contributed by atoms with Crippen molar-refractivity contribution in [1.29, 1.82) is 0 Å². The molecule has 0 aromatic rings.